The zero-order valence-electron chi connectivity index (χ0n) is 6.40. The minimum Gasteiger partial charge on any atom is -0.386 e. The van der Waals surface area contributed by atoms with E-state index in [1.54, 1.807) is 0 Å². The molecule has 6 nitrogen and oxygen atoms in total. The van der Waals surface area contributed by atoms with Crippen molar-refractivity contribution in [2.45, 2.75) is 13.0 Å². The van der Waals surface area contributed by atoms with Gasteiger partial charge in [-0.15, -0.1) is 0 Å². The van der Waals surface area contributed by atoms with Crippen molar-refractivity contribution >= 4 is 16.0 Å². The van der Waals surface area contributed by atoms with E-state index in [0.29, 0.717) is 0 Å². The van der Waals surface area contributed by atoms with Gasteiger partial charge in [0.05, 0.1) is 6.04 Å². The highest BCUT2D eigenvalue weighted by molar-refractivity contribution is 7.86. The fourth-order valence-corrected chi connectivity index (χ4v) is 0.971. The first-order chi connectivity index (χ1) is 4.76. The second kappa shape index (κ2) is 3.16. The molecule has 0 radical (unpaired) electrons. The molecule has 5 N–H and O–H groups in total. The van der Waals surface area contributed by atoms with Crippen molar-refractivity contribution in [3.63, 3.8) is 0 Å². The van der Waals surface area contributed by atoms with Crippen molar-refractivity contribution in [1.82, 2.24) is 4.31 Å². The summed E-state index contributed by atoms with van der Waals surface area (Å²) in [6, 6.07) is -0.690. The third-order valence-electron chi connectivity index (χ3n) is 1.40. The van der Waals surface area contributed by atoms with Crippen molar-refractivity contribution in [2.24, 2.45) is 10.9 Å². The summed E-state index contributed by atoms with van der Waals surface area (Å²) in [5, 5.41) is 11.7. The molecule has 0 heterocycles. The molecule has 0 aromatic carbocycles. The van der Waals surface area contributed by atoms with Gasteiger partial charge in [-0.05, 0) is 6.92 Å². The molecule has 0 aromatic heterocycles. The average Bonchev–Trinajstić information content (AvgIpc) is 1.82. The summed E-state index contributed by atoms with van der Waals surface area (Å²) in [5.41, 5.74) is 5.06. The Morgan fingerprint density at radius 3 is 2.09 bits per heavy atom. The summed E-state index contributed by atoms with van der Waals surface area (Å²) in [6.45, 7) is 1.48. The molecule has 0 aromatic rings. The van der Waals surface area contributed by atoms with Crippen LogP contribution < -0.4 is 10.9 Å². The summed E-state index contributed by atoms with van der Waals surface area (Å²) in [5.74, 6) is -0.235. The van der Waals surface area contributed by atoms with Gasteiger partial charge in [-0.1, -0.05) is 0 Å². The van der Waals surface area contributed by atoms with Gasteiger partial charge < -0.3 is 5.73 Å². The van der Waals surface area contributed by atoms with E-state index >= 15 is 0 Å². The van der Waals surface area contributed by atoms with Crippen molar-refractivity contribution in [3.05, 3.63) is 0 Å². The molecule has 0 fully saturated rings. The molecule has 0 amide bonds. The topological polar surface area (TPSA) is 113 Å². The first kappa shape index (κ1) is 10.3. The van der Waals surface area contributed by atoms with Crippen LogP contribution in [0.15, 0.2) is 0 Å². The Bertz CT molecular complexity index is 247. The lowest BCUT2D eigenvalue weighted by Crippen LogP contribution is -2.46. The zero-order chi connectivity index (χ0) is 9.23. The summed E-state index contributed by atoms with van der Waals surface area (Å²) >= 11 is 0. The van der Waals surface area contributed by atoms with Gasteiger partial charge in [0.2, 0.25) is 0 Å². The van der Waals surface area contributed by atoms with Crippen LogP contribution in [0.3, 0.4) is 0 Å². The normalized spacial score (nSPS) is 14.9. The Morgan fingerprint density at radius 1 is 1.64 bits per heavy atom. The van der Waals surface area contributed by atoms with E-state index < -0.39 is 16.3 Å². The van der Waals surface area contributed by atoms with E-state index in [2.05, 4.69) is 0 Å². The number of hydrogen-bond acceptors (Lipinski definition) is 3. The van der Waals surface area contributed by atoms with E-state index in [9.17, 15) is 8.42 Å². The Balaban J connectivity index is 4.51. The molecule has 0 aliphatic heterocycles. The van der Waals surface area contributed by atoms with Crippen molar-refractivity contribution in [3.8, 4) is 0 Å². The predicted octanol–water partition coefficient (Wildman–Crippen LogP) is -1.55. The maximum Gasteiger partial charge on any atom is 0.277 e. The van der Waals surface area contributed by atoms with Gasteiger partial charge in [-0.3, -0.25) is 5.41 Å². The van der Waals surface area contributed by atoms with Crippen LogP contribution in [0.5, 0.6) is 0 Å². The molecule has 0 bridgehead atoms. The summed E-state index contributed by atoms with van der Waals surface area (Å²) in [4.78, 5) is 0. The van der Waals surface area contributed by atoms with Gasteiger partial charge in [0.1, 0.15) is 5.84 Å². The van der Waals surface area contributed by atoms with E-state index in [1.165, 1.54) is 14.0 Å². The monoisotopic (exact) mass is 180 g/mol. The van der Waals surface area contributed by atoms with E-state index in [1.807, 2.05) is 0 Å². The molecule has 0 rings (SSSR count). The number of nitrogens with zero attached hydrogens (tertiary/aromatic N) is 1. The average molecular weight is 180 g/mol. The van der Waals surface area contributed by atoms with Gasteiger partial charge in [0.15, 0.2) is 0 Å². The number of nitrogens with one attached hydrogen (secondary N) is 1. The summed E-state index contributed by atoms with van der Waals surface area (Å²) in [7, 11) is -2.47. The van der Waals surface area contributed by atoms with Gasteiger partial charge in [0.25, 0.3) is 10.2 Å². The Morgan fingerprint density at radius 2 is 2.00 bits per heavy atom. The fourth-order valence-electron chi connectivity index (χ4n) is 0.416. The molecular weight excluding hydrogens is 168 g/mol. The van der Waals surface area contributed by atoms with Crippen LogP contribution in [-0.4, -0.2) is 31.6 Å². The second-order valence-corrected chi connectivity index (χ2v) is 3.80. The second-order valence-electron chi connectivity index (χ2n) is 2.19. The highest BCUT2D eigenvalue weighted by Gasteiger charge is 2.20. The van der Waals surface area contributed by atoms with Gasteiger partial charge in [0, 0.05) is 7.05 Å². The highest BCUT2D eigenvalue weighted by Crippen LogP contribution is 1.97. The van der Waals surface area contributed by atoms with Crippen LogP contribution in [-0.2, 0) is 10.2 Å². The number of likely N-dealkylation sites (N-methyl/N-ethyl adjacent to an activating group) is 1. The quantitative estimate of drug-likeness (QED) is 0.360. The third-order valence-corrected chi connectivity index (χ3v) is 2.52. The summed E-state index contributed by atoms with van der Waals surface area (Å²) in [6.07, 6.45) is 0. The number of rotatable bonds is 3. The fraction of sp³-hybridized carbons (Fsp3) is 0.750. The van der Waals surface area contributed by atoms with Crippen LogP contribution in [0.2, 0.25) is 0 Å². The highest BCUT2D eigenvalue weighted by atomic mass is 32.2. The van der Waals surface area contributed by atoms with Gasteiger partial charge >= 0.3 is 0 Å². The smallest absolute Gasteiger partial charge is 0.277 e. The van der Waals surface area contributed by atoms with Crippen LogP contribution >= 0.6 is 0 Å². The molecular formula is C4H12N4O2S. The third kappa shape index (κ3) is 2.83. The van der Waals surface area contributed by atoms with Crippen LogP contribution in [0, 0.1) is 5.41 Å². The van der Waals surface area contributed by atoms with E-state index in [-0.39, 0.29) is 5.84 Å². The molecule has 0 spiro atoms. The maximum atomic E-state index is 10.6. The minimum absolute atomic E-state index is 0.235. The lowest BCUT2D eigenvalue weighted by molar-refractivity contribution is 0.449. The van der Waals surface area contributed by atoms with Crippen molar-refractivity contribution < 1.29 is 8.42 Å². The molecule has 1 atom stereocenters. The number of amidine groups is 1. The molecule has 7 heteroatoms. The molecule has 11 heavy (non-hydrogen) atoms. The molecule has 0 aliphatic carbocycles. The Labute approximate surface area is 65.9 Å². The standard InChI is InChI=1S/C4H12N4O2S/c1-3(4(5)6)8(2)11(7,9)10/h3H,1-2H3,(H3,5,6)(H2,7,9,10). The number of hydrogen-bond donors (Lipinski definition) is 3. The van der Waals surface area contributed by atoms with Crippen LogP contribution in [0.25, 0.3) is 0 Å². The van der Waals surface area contributed by atoms with E-state index in [4.69, 9.17) is 16.3 Å². The Kier molecular flexibility index (Phi) is 2.97. The minimum atomic E-state index is -3.73. The van der Waals surface area contributed by atoms with Crippen LogP contribution in [0.4, 0.5) is 0 Å². The zero-order valence-corrected chi connectivity index (χ0v) is 7.22. The molecule has 0 saturated carbocycles. The van der Waals surface area contributed by atoms with Crippen LogP contribution in [0.1, 0.15) is 6.92 Å². The Hall–Kier alpha value is -0.660. The molecule has 0 saturated heterocycles. The summed E-state index contributed by atoms with van der Waals surface area (Å²) < 4.78 is 22.1. The molecule has 0 aliphatic rings. The SMILES string of the molecule is CC(C(=N)N)N(C)S(N)(=O)=O. The molecule has 1 unspecified atom stereocenters. The van der Waals surface area contributed by atoms with Gasteiger partial charge in [-0.25, -0.2) is 5.14 Å². The van der Waals surface area contributed by atoms with Crippen molar-refractivity contribution in [1.29, 1.82) is 5.41 Å². The number of nitrogens with two attached hydrogens (primary N) is 2. The lowest BCUT2D eigenvalue weighted by atomic mass is 10.3. The maximum absolute atomic E-state index is 10.6. The lowest BCUT2D eigenvalue weighted by Gasteiger charge is -2.19. The predicted molar refractivity (Wildman–Crippen MR) is 42.2 cm³/mol. The molecule has 66 valence electrons. The van der Waals surface area contributed by atoms with Crippen molar-refractivity contribution in [2.75, 3.05) is 7.05 Å². The largest absolute Gasteiger partial charge is 0.386 e. The first-order valence-corrected chi connectivity index (χ1v) is 4.36. The van der Waals surface area contributed by atoms with E-state index in [0.717, 1.165) is 4.31 Å². The van der Waals surface area contributed by atoms with Gasteiger partial charge in [-0.2, -0.15) is 12.7 Å². The first-order valence-electron chi connectivity index (χ1n) is 2.86.